The van der Waals surface area contributed by atoms with E-state index in [1.807, 2.05) is 49.4 Å². The lowest BCUT2D eigenvalue weighted by molar-refractivity contribution is 0.106. The zero-order valence-electron chi connectivity index (χ0n) is 20.4. The van der Waals surface area contributed by atoms with Gasteiger partial charge in [0.2, 0.25) is 0 Å². The molecule has 0 aliphatic carbocycles. The van der Waals surface area contributed by atoms with E-state index >= 15 is 0 Å². The van der Waals surface area contributed by atoms with Crippen LogP contribution in [0.3, 0.4) is 0 Å². The van der Waals surface area contributed by atoms with Crippen molar-refractivity contribution in [2.24, 2.45) is 5.92 Å². The van der Waals surface area contributed by atoms with Crippen molar-refractivity contribution in [2.45, 2.75) is 48.6 Å². The number of aliphatic hydroxyl groups excluding tert-OH is 1. The molecule has 3 rings (SSSR count). The van der Waals surface area contributed by atoms with Crippen molar-refractivity contribution in [3.63, 3.8) is 0 Å². The van der Waals surface area contributed by atoms with Crippen molar-refractivity contribution in [1.29, 1.82) is 0 Å². The maximum atomic E-state index is 12.8. The first kappa shape index (κ1) is 27.0. The summed E-state index contributed by atoms with van der Waals surface area (Å²) in [6.45, 7) is 9.03. The van der Waals surface area contributed by atoms with Crippen molar-refractivity contribution in [3.8, 4) is 0 Å². The molecule has 0 aliphatic rings. The van der Waals surface area contributed by atoms with Crippen LogP contribution < -0.4 is 10.4 Å². The van der Waals surface area contributed by atoms with E-state index in [1.54, 1.807) is 0 Å². The molecule has 34 heavy (non-hydrogen) atoms. The first-order valence-electron chi connectivity index (χ1n) is 11.7. The quantitative estimate of drug-likeness (QED) is 0.277. The molecular weight excluding hydrogens is 524 g/mol. The molecule has 0 aromatic heterocycles. The second-order valence-electron chi connectivity index (χ2n) is 9.78. The lowest BCUT2D eigenvalue weighted by Gasteiger charge is -2.43. The summed E-state index contributed by atoms with van der Waals surface area (Å²) in [5.74, 6) is 0.236. The van der Waals surface area contributed by atoms with Gasteiger partial charge in [-0.15, -0.1) is 0 Å². The van der Waals surface area contributed by atoms with E-state index < -0.39 is 25.2 Å². The topological polar surface area (TPSA) is 46.5 Å². The third-order valence-electron chi connectivity index (χ3n) is 6.25. The Morgan fingerprint density at radius 2 is 1.32 bits per heavy atom. The number of hydrogen-bond acceptors (Lipinski definition) is 3. The van der Waals surface area contributed by atoms with Gasteiger partial charge >= 0.3 is 0 Å². The van der Waals surface area contributed by atoms with Gasteiger partial charge in [0.25, 0.3) is 8.32 Å². The first-order chi connectivity index (χ1) is 16.2. The van der Waals surface area contributed by atoms with Crippen LogP contribution in [0.4, 0.5) is 0 Å². The Kier molecular flexibility index (Phi) is 9.47. The zero-order chi connectivity index (χ0) is 24.8. The fraction of sp³-hybridized carbons (Fsp3) is 0.357. The molecule has 182 valence electrons. The highest BCUT2D eigenvalue weighted by atomic mass is 79.9. The molecule has 0 radical (unpaired) electrons. The summed E-state index contributed by atoms with van der Waals surface area (Å²) >= 11 is 3.70. The van der Waals surface area contributed by atoms with E-state index in [2.05, 4.69) is 85.2 Å². The third kappa shape index (κ3) is 6.16. The van der Waals surface area contributed by atoms with Crippen LogP contribution in [-0.4, -0.2) is 40.9 Å². The van der Waals surface area contributed by atoms with Crippen molar-refractivity contribution in [3.05, 3.63) is 91.0 Å². The van der Waals surface area contributed by atoms with Gasteiger partial charge in [-0.3, -0.25) is 4.21 Å². The van der Waals surface area contributed by atoms with Crippen LogP contribution in [0.15, 0.2) is 95.9 Å². The summed E-state index contributed by atoms with van der Waals surface area (Å²) in [6, 6.07) is 30.4. The highest BCUT2D eigenvalue weighted by molar-refractivity contribution is 9.09. The number of hydrogen-bond donors (Lipinski definition) is 1. The van der Waals surface area contributed by atoms with Gasteiger partial charge in [-0.1, -0.05) is 122 Å². The van der Waals surface area contributed by atoms with Gasteiger partial charge in [0.05, 0.1) is 21.7 Å². The highest BCUT2D eigenvalue weighted by Crippen LogP contribution is 2.37. The van der Waals surface area contributed by atoms with Gasteiger partial charge in [0.1, 0.15) is 0 Å². The molecule has 0 heterocycles. The summed E-state index contributed by atoms with van der Waals surface area (Å²) in [6.07, 6.45) is -0.689. The van der Waals surface area contributed by atoms with Gasteiger partial charge in [0.15, 0.2) is 0 Å². The van der Waals surface area contributed by atoms with E-state index in [-0.39, 0.29) is 15.8 Å². The molecule has 0 bridgehead atoms. The van der Waals surface area contributed by atoms with Gasteiger partial charge in [-0.2, -0.15) is 0 Å². The molecule has 3 aromatic rings. The van der Waals surface area contributed by atoms with E-state index in [9.17, 15) is 9.32 Å². The van der Waals surface area contributed by atoms with Crippen molar-refractivity contribution in [1.82, 2.24) is 0 Å². The predicted octanol–water partition coefficient (Wildman–Crippen LogP) is 5.13. The Hall–Kier alpha value is -1.57. The van der Waals surface area contributed by atoms with Crippen LogP contribution in [0.25, 0.3) is 0 Å². The molecule has 0 saturated heterocycles. The van der Waals surface area contributed by atoms with E-state index in [1.165, 1.54) is 10.4 Å². The second kappa shape index (κ2) is 11.9. The van der Waals surface area contributed by atoms with Gasteiger partial charge in [-0.25, -0.2) is 0 Å². The minimum Gasteiger partial charge on any atom is -0.406 e. The smallest absolute Gasteiger partial charge is 0.261 e. The van der Waals surface area contributed by atoms with Gasteiger partial charge in [0, 0.05) is 17.3 Å². The van der Waals surface area contributed by atoms with Crippen molar-refractivity contribution in [2.75, 3.05) is 12.4 Å². The van der Waals surface area contributed by atoms with Gasteiger partial charge in [-0.05, 0) is 33.5 Å². The fourth-order valence-corrected chi connectivity index (χ4v) is 11.2. The van der Waals surface area contributed by atoms with Crippen LogP contribution in [-0.2, 0) is 15.2 Å². The van der Waals surface area contributed by atoms with Crippen LogP contribution in [0, 0.1) is 5.92 Å². The molecule has 0 amide bonds. The molecule has 0 spiro atoms. The number of rotatable bonds is 10. The van der Waals surface area contributed by atoms with Crippen LogP contribution in [0.5, 0.6) is 0 Å². The summed E-state index contributed by atoms with van der Waals surface area (Å²) in [4.78, 5) is 0.508. The Morgan fingerprint density at radius 3 is 1.76 bits per heavy atom. The monoisotopic (exact) mass is 558 g/mol. The Bertz CT molecular complexity index is 1000. The van der Waals surface area contributed by atoms with Gasteiger partial charge < -0.3 is 9.53 Å². The predicted molar refractivity (Wildman–Crippen MR) is 149 cm³/mol. The highest BCUT2D eigenvalue weighted by Gasteiger charge is 2.50. The summed E-state index contributed by atoms with van der Waals surface area (Å²) in [7, 11) is -3.84. The zero-order valence-corrected chi connectivity index (χ0v) is 23.8. The average molecular weight is 560 g/mol. The second-order valence-corrected chi connectivity index (χ2v) is 16.8. The summed E-state index contributed by atoms with van der Waals surface area (Å²) in [5, 5.41) is 13.4. The molecule has 1 N–H and O–H groups in total. The number of aliphatic hydroxyl groups is 1. The molecule has 4 atom stereocenters. The SMILES string of the molecule is C[C@H](CS(=O)c1ccccc1)[C@@H](O)[C@@H](Br)CO[Si](c1ccccc1)(c1ccccc1)C(C)(C)C. The Labute approximate surface area is 216 Å². The molecular formula is C28H35BrO3SSi. The molecule has 6 heteroatoms. The molecule has 3 aromatic carbocycles. The standard InChI is InChI=1S/C28H35BrO3SSi/c1-22(21-33(31)23-14-8-5-9-15-23)27(30)26(29)20-32-34(28(2,3)4,24-16-10-6-11-17-24)25-18-12-7-13-19-25/h5-19,22,26-27,30H,20-21H2,1-4H3/t22-,26+,27-,33?/m1/s1. The molecule has 3 nitrogen and oxygen atoms in total. The van der Waals surface area contributed by atoms with E-state index in [4.69, 9.17) is 4.43 Å². The maximum absolute atomic E-state index is 12.8. The average Bonchev–Trinajstić information content (AvgIpc) is 2.84. The van der Waals surface area contributed by atoms with Crippen molar-refractivity contribution >= 4 is 45.4 Å². The Morgan fingerprint density at radius 1 is 0.882 bits per heavy atom. The lowest BCUT2D eigenvalue weighted by Crippen LogP contribution is -2.67. The largest absolute Gasteiger partial charge is 0.406 e. The third-order valence-corrected chi connectivity index (χ3v) is 13.7. The normalized spacial score (nSPS) is 15.9. The summed E-state index contributed by atoms with van der Waals surface area (Å²) < 4.78 is 19.7. The summed E-state index contributed by atoms with van der Waals surface area (Å²) in [5.41, 5.74) is 0. The van der Waals surface area contributed by atoms with Crippen LogP contribution in [0.1, 0.15) is 27.7 Å². The molecule has 0 saturated carbocycles. The number of alkyl halides is 1. The van der Waals surface area contributed by atoms with Crippen LogP contribution in [0.2, 0.25) is 5.04 Å². The fourth-order valence-electron chi connectivity index (χ4n) is 4.43. The number of halogens is 1. The van der Waals surface area contributed by atoms with E-state index in [0.29, 0.717) is 12.4 Å². The lowest BCUT2D eigenvalue weighted by atomic mass is 10.0. The minimum absolute atomic E-state index is 0.131. The molecule has 0 fully saturated rings. The molecule has 0 aliphatic heterocycles. The molecule has 1 unspecified atom stereocenters. The minimum atomic E-state index is -2.68. The van der Waals surface area contributed by atoms with Crippen LogP contribution >= 0.6 is 15.9 Å². The maximum Gasteiger partial charge on any atom is 0.261 e. The number of benzene rings is 3. The Balaban J connectivity index is 1.81. The van der Waals surface area contributed by atoms with Crippen molar-refractivity contribution < 1.29 is 13.7 Å². The van der Waals surface area contributed by atoms with E-state index in [0.717, 1.165) is 4.90 Å². The first-order valence-corrected chi connectivity index (χ1v) is 15.8.